The van der Waals surface area contributed by atoms with Crippen LogP contribution in [0.15, 0.2) is 47.4 Å². The van der Waals surface area contributed by atoms with E-state index < -0.39 is 10.0 Å². The first-order valence-corrected chi connectivity index (χ1v) is 12.3. The van der Waals surface area contributed by atoms with Crippen LogP contribution in [0.3, 0.4) is 0 Å². The monoisotopic (exact) mass is 463 g/mol. The van der Waals surface area contributed by atoms with E-state index in [1.54, 1.807) is 0 Å². The van der Waals surface area contributed by atoms with Crippen molar-refractivity contribution in [3.8, 4) is 5.75 Å². The Kier molecular flexibility index (Phi) is 6.81. The second-order valence-corrected chi connectivity index (χ2v) is 10.1. The van der Waals surface area contributed by atoms with Crippen molar-refractivity contribution in [1.29, 1.82) is 0 Å². The minimum absolute atomic E-state index is 0.148. The highest BCUT2D eigenvalue weighted by atomic mass is 35.5. The summed E-state index contributed by atoms with van der Waals surface area (Å²) < 4.78 is 32.8. The van der Waals surface area contributed by atoms with E-state index in [9.17, 15) is 13.2 Å². The largest absolute Gasteiger partial charge is 0.492 e. The minimum Gasteiger partial charge on any atom is -0.492 e. The van der Waals surface area contributed by atoms with Gasteiger partial charge in [-0.15, -0.1) is 0 Å². The summed E-state index contributed by atoms with van der Waals surface area (Å²) in [6.07, 6.45) is 1.99. The average Bonchev–Trinajstić information content (AvgIpc) is 3.22. The number of rotatable bonds is 6. The fourth-order valence-electron chi connectivity index (χ4n) is 3.88. The third kappa shape index (κ3) is 5.20. The SMILES string of the molecule is O=C(CCN1CCOc2ccccc2C1)Nc1cc(S(=O)(=O)N2CCCC2)ccc1Cl. The molecule has 2 aromatic carbocycles. The molecule has 0 unspecified atom stereocenters. The fourth-order valence-corrected chi connectivity index (χ4v) is 5.59. The van der Waals surface area contributed by atoms with Crippen molar-refractivity contribution in [2.75, 3.05) is 38.1 Å². The summed E-state index contributed by atoms with van der Waals surface area (Å²) in [5.41, 5.74) is 1.42. The second-order valence-electron chi connectivity index (χ2n) is 7.78. The molecule has 9 heteroatoms. The number of hydrogen-bond donors (Lipinski definition) is 1. The van der Waals surface area contributed by atoms with Crippen molar-refractivity contribution >= 4 is 33.2 Å². The molecule has 1 N–H and O–H groups in total. The molecule has 2 heterocycles. The molecular weight excluding hydrogens is 438 g/mol. The van der Waals surface area contributed by atoms with Gasteiger partial charge in [-0.2, -0.15) is 4.31 Å². The lowest BCUT2D eigenvalue weighted by Crippen LogP contribution is -2.29. The van der Waals surface area contributed by atoms with Crippen molar-refractivity contribution in [3.63, 3.8) is 0 Å². The number of nitrogens with zero attached hydrogens (tertiary/aromatic N) is 2. The first kappa shape index (κ1) is 22.1. The average molecular weight is 464 g/mol. The Morgan fingerprint density at radius 1 is 1.10 bits per heavy atom. The van der Waals surface area contributed by atoms with Gasteiger partial charge >= 0.3 is 0 Å². The molecule has 7 nitrogen and oxygen atoms in total. The van der Waals surface area contributed by atoms with Crippen LogP contribution in [0, 0.1) is 0 Å². The number of hydrogen-bond acceptors (Lipinski definition) is 5. The number of fused-ring (bicyclic) bond motifs is 1. The first-order valence-electron chi connectivity index (χ1n) is 10.5. The molecule has 0 saturated carbocycles. The van der Waals surface area contributed by atoms with E-state index in [0.717, 1.165) is 30.7 Å². The number of halogens is 1. The number of sulfonamides is 1. The van der Waals surface area contributed by atoms with Gasteiger partial charge in [-0.25, -0.2) is 8.42 Å². The lowest BCUT2D eigenvalue weighted by atomic mass is 10.2. The molecule has 1 amide bonds. The van der Waals surface area contributed by atoms with Gasteiger partial charge in [0.15, 0.2) is 0 Å². The summed E-state index contributed by atoms with van der Waals surface area (Å²) in [7, 11) is -3.57. The fraction of sp³-hybridized carbons (Fsp3) is 0.409. The number of benzene rings is 2. The maximum absolute atomic E-state index is 12.8. The van der Waals surface area contributed by atoms with Crippen LogP contribution in [-0.4, -0.2) is 56.3 Å². The van der Waals surface area contributed by atoms with Crippen LogP contribution >= 0.6 is 11.6 Å². The van der Waals surface area contributed by atoms with E-state index in [4.69, 9.17) is 16.3 Å². The molecule has 4 rings (SSSR count). The minimum atomic E-state index is -3.57. The predicted octanol–water partition coefficient (Wildman–Crippen LogP) is 3.35. The first-order chi connectivity index (χ1) is 14.9. The normalized spacial score (nSPS) is 17.6. The van der Waals surface area contributed by atoms with E-state index in [2.05, 4.69) is 10.2 Å². The summed E-state index contributed by atoms with van der Waals surface area (Å²) in [5, 5.41) is 3.09. The molecule has 1 saturated heterocycles. The van der Waals surface area contributed by atoms with E-state index in [-0.39, 0.29) is 17.2 Å². The molecular formula is C22H26ClN3O4S. The van der Waals surface area contributed by atoms with Crippen LogP contribution in [0.2, 0.25) is 5.02 Å². The standard InChI is InChI=1S/C22H26ClN3O4S/c23-19-8-7-18(31(28,29)26-10-3-4-11-26)15-20(19)24-22(27)9-12-25-13-14-30-21-6-2-1-5-17(21)16-25/h1-2,5-8,15H,3-4,9-14,16H2,(H,24,27). The molecule has 0 bridgehead atoms. The Labute approximate surface area is 188 Å². The van der Waals surface area contributed by atoms with Crippen LogP contribution in [0.25, 0.3) is 0 Å². The Morgan fingerprint density at radius 2 is 1.87 bits per heavy atom. The quantitative estimate of drug-likeness (QED) is 0.710. The number of nitrogens with one attached hydrogen (secondary N) is 1. The van der Waals surface area contributed by atoms with Gasteiger partial charge < -0.3 is 10.1 Å². The Morgan fingerprint density at radius 3 is 2.68 bits per heavy atom. The molecule has 0 atom stereocenters. The van der Waals surface area contributed by atoms with Crippen LogP contribution in [0.1, 0.15) is 24.8 Å². The van der Waals surface area contributed by atoms with Gasteiger partial charge in [0.2, 0.25) is 15.9 Å². The number of carbonyl (C=O) groups excluding carboxylic acids is 1. The highest BCUT2D eigenvalue weighted by molar-refractivity contribution is 7.89. The van der Waals surface area contributed by atoms with Gasteiger partial charge in [0.1, 0.15) is 12.4 Å². The van der Waals surface area contributed by atoms with Gasteiger partial charge in [0.25, 0.3) is 0 Å². The number of para-hydroxylation sites is 1. The van der Waals surface area contributed by atoms with Gasteiger partial charge in [-0.3, -0.25) is 9.69 Å². The third-order valence-corrected chi connectivity index (χ3v) is 7.83. The lowest BCUT2D eigenvalue weighted by molar-refractivity contribution is -0.116. The zero-order valence-corrected chi connectivity index (χ0v) is 18.8. The molecule has 166 valence electrons. The summed E-state index contributed by atoms with van der Waals surface area (Å²) in [6.45, 7) is 3.62. The van der Waals surface area contributed by atoms with Gasteiger partial charge in [-0.1, -0.05) is 29.8 Å². The molecule has 2 aliphatic heterocycles. The number of amides is 1. The van der Waals surface area contributed by atoms with E-state index in [1.165, 1.54) is 22.5 Å². The molecule has 0 radical (unpaired) electrons. The molecule has 31 heavy (non-hydrogen) atoms. The van der Waals surface area contributed by atoms with E-state index >= 15 is 0 Å². The van der Waals surface area contributed by atoms with Crippen LogP contribution in [0.4, 0.5) is 5.69 Å². The third-order valence-electron chi connectivity index (χ3n) is 5.60. The molecule has 2 aliphatic rings. The van der Waals surface area contributed by atoms with Gasteiger partial charge in [0.05, 0.1) is 15.6 Å². The highest BCUT2D eigenvalue weighted by Crippen LogP contribution is 2.29. The number of ether oxygens (including phenoxy) is 1. The summed E-state index contributed by atoms with van der Waals surface area (Å²) in [5.74, 6) is 0.674. The molecule has 0 aliphatic carbocycles. The zero-order chi connectivity index (χ0) is 21.8. The maximum atomic E-state index is 12.8. The van der Waals surface area contributed by atoms with Crippen LogP contribution in [-0.2, 0) is 21.4 Å². The van der Waals surface area contributed by atoms with Crippen molar-refractivity contribution in [3.05, 3.63) is 53.1 Å². The zero-order valence-electron chi connectivity index (χ0n) is 17.2. The summed E-state index contributed by atoms with van der Waals surface area (Å²) >= 11 is 6.23. The lowest BCUT2D eigenvalue weighted by Gasteiger charge is -2.19. The second kappa shape index (κ2) is 9.56. The number of carbonyl (C=O) groups is 1. The van der Waals surface area contributed by atoms with Crippen LogP contribution < -0.4 is 10.1 Å². The Bertz CT molecular complexity index is 1050. The van der Waals surface area contributed by atoms with Crippen LogP contribution in [0.5, 0.6) is 5.75 Å². The van der Waals surface area contributed by atoms with Crippen molar-refractivity contribution in [2.45, 2.75) is 30.7 Å². The summed E-state index contributed by atoms with van der Waals surface area (Å²) in [6, 6.07) is 12.4. The van der Waals surface area contributed by atoms with Crippen molar-refractivity contribution < 1.29 is 17.9 Å². The predicted molar refractivity (Wildman–Crippen MR) is 120 cm³/mol. The van der Waals surface area contributed by atoms with Gasteiger partial charge in [0, 0.05) is 44.7 Å². The highest BCUT2D eigenvalue weighted by Gasteiger charge is 2.28. The van der Waals surface area contributed by atoms with E-state index in [0.29, 0.717) is 43.5 Å². The summed E-state index contributed by atoms with van der Waals surface area (Å²) in [4.78, 5) is 14.9. The smallest absolute Gasteiger partial charge is 0.243 e. The Hall–Kier alpha value is -2.13. The number of anilines is 1. The van der Waals surface area contributed by atoms with E-state index in [1.807, 2.05) is 24.3 Å². The molecule has 1 fully saturated rings. The Balaban J connectivity index is 1.38. The molecule has 2 aromatic rings. The van der Waals surface area contributed by atoms with Gasteiger partial charge in [-0.05, 0) is 37.1 Å². The topological polar surface area (TPSA) is 79.0 Å². The molecule has 0 aromatic heterocycles. The van der Waals surface area contributed by atoms with Crippen molar-refractivity contribution in [2.24, 2.45) is 0 Å². The maximum Gasteiger partial charge on any atom is 0.243 e. The molecule has 0 spiro atoms. The van der Waals surface area contributed by atoms with Crippen molar-refractivity contribution in [1.82, 2.24) is 9.21 Å².